The van der Waals surface area contributed by atoms with Gasteiger partial charge in [0, 0.05) is 23.8 Å². The zero-order chi connectivity index (χ0) is 19.1. The molecule has 0 atom stereocenters. The molecule has 8 heteroatoms. The first-order chi connectivity index (χ1) is 13.1. The monoisotopic (exact) mass is 365 g/mol. The van der Waals surface area contributed by atoms with Crippen molar-refractivity contribution in [2.45, 2.75) is 13.0 Å². The van der Waals surface area contributed by atoms with E-state index in [2.05, 4.69) is 10.3 Å². The molecule has 0 aliphatic rings. The molecular formula is C19H15N3O5. The van der Waals surface area contributed by atoms with Gasteiger partial charge in [-0.25, -0.2) is 0 Å². The Bertz CT molecular complexity index is 949. The number of non-ortho nitro benzene ring substituents is 1. The van der Waals surface area contributed by atoms with E-state index < -0.39 is 4.92 Å². The number of hydrogen-bond acceptors (Lipinski definition) is 7. The van der Waals surface area contributed by atoms with Crippen LogP contribution in [0.1, 0.15) is 22.5 Å². The van der Waals surface area contributed by atoms with Crippen molar-refractivity contribution in [2.24, 2.45) is 5.16 Å². The van der Waals surface area contributed by atoms with Gasteiger partial charge in [-0.15, -0.1) is 0 Å². The van der Waals surface area contributed by atoms with Crippen LogP contribution in [0.3, 0.4) is 0 Å². The van der Waals surface area contributed by atoms with E-state index in [0.717, 1.165) is 11.1 Å². The number of carbonyl (C=O) groups excluding carboxylic acids is 1. The minimum Gasteiger partial charge on any atom is -0.391 e. The van der Waals surface area contributed by atoms with Gasteiger partial charge < -0.3 is 9.36 Å². The minimum atomic E-state index is -0.471. The molecule has 0 saturated heterocycles. The van der Waals surface area contributed by atoms with Gasteiger partial charge in [-0.2, -0.15) is 0 Å². The standard InChI is InChI=1S/C19H15N3O5/c23-18(19-12-17(21-27-19)15-4-2-1-3-5-15)10-11-20-26-13-14-6-8-16(9-7-14)22(24)25/h1-9,11-12H,10,13H2/b20-11-. The van der Waals surface area contributed by atoms with Crippen LogP contribution in [0.15, 0.2) is 70.3 Å². The van der Waals surface area contributed by atoms with Crippen molar-refractivity contribution in [1.82, 2.24) is 5.16 Å². The highest BCUT2D eigenvalue weighted by molar-refractivity contribution is 6.02. The molecular weight excluding hydrogens is 350 g/mol. The molecule has 0 aliphatic carbocycles. The highest BCUT2D eigenvalue weighted by atomic mass is 16.6. The molecule has 0 saturated carbocycles. The highest BCUT2D eigenvalue weighted by Gasteiger charge is 2.13. The van der Waals surface area contributed by atoms with Crippen molar-refractivity contribution in [3.63, 3.8) is 0 Å². The fourth-order valence-corrected chi connectivity index (χ4v) is 2.25. The summed E-state index contributed by atoms with van der Waals surface area (Å²) in [5.41, 5.74) is 2.19. The van der Waals surface area contributed by atoms with Crippen LogP contribution in [-0.4, -0.2) is 22.1 Å². The molecule has 1 aromatic heterocycles. The van der Waals surface area contributed by atoms with Gasteiger partial charge in [0.2, 0.25) is 11.5 Å². The Morgan fingerprint density at radius 2 is 1.93 bits per heavy atom. The lowest BCUT2D eigenvalue weighted by molar-refractivity contribution is -0.384. The van der Waals surface area contributed by atoms with Gasteiger partial charge in [-0.1, -0.05) is 40.6 Å². The van der Waals surface area contributed by atoms with Gasteiger partial charge in [0.1, 0.15) is 12.3 Å². The number of nitro groups is 1. The predicted octanol–water partition coefficient (Wildman–Crippen LogP) is 4.03. The first-order valence-corrected chi connectivity index (χ1v) is 8.06. The third kappa shape index (κ3) is 4.85. The Hall–Kier alpha value is -3.81. The molecule has 0 radical (unpaired) electrons. The molecule has 136 valence electrons. The van der Waals surface area contributed by atoms with Gasteiger partial charge >= 0.3 is 0 Å². The maximum Gasteiger partial charge on any atom is 0.269 e. The summed E-state index contributed by atoms with van der Waals surface area (Å²) in [5.74, 6) is -0.122. The van der Waals surface area contributed by atoms with Crippen LogP contribution in [0.2, 0.25) is 0 Å². The van der Waals surface area contributed by atoms with E-state index in [9.17, 15) is 14.9 Å². The van der Waals surface area contributed by atoms with Crippen LogP contribution in [0, 0.1) is 10.1 Å². The van der Waals surface area contributed by atoms with Crippen LogP contribution in [0.25, 0.3) is 11.3 Å². The van der Waals surface area contributed by atoms with Crippen molar-refractivity contribution >= 4 is 17.7 Å². The molecule has 3 rings (SSSR count). The maximum atomic E-state index is 12.1. The normalized spacial score (nSPS) is 10.8. The summed E-state index contributed by atoms with van der Waals surface area (Å²) >= 11 is 0. The number of rotatable bonds is 8. The third-order valence-corrected chi connectivity index (χ3v) is 3.66. The largest absolute Gasteiger partial charge is 0.391 e. The van der Waals surface area contributed by atoms with Crippen LogP contribution < -0.4 is 0 Å². The maximum absolute atomic E-state index is 12.1. The Morgan fingerprint density at radius 3 is 2.63 bits per heavy atom. The van der Waals surface area contributed by atoms with Crippen LogP contribution in [0.5, 0.6) is 0 Å². The van der Waals surface area contributed by atoms with E-state index in [1.807, 2.05) is 30.3 Å². The summed E-state index contributed by atoms with van der Waals surface area (Å²) < 4.78 is 5.08. The summed E-state index contributed by atoms with van der Waals surface area (Å²) in [5, 5.41) is 18.2. The molecule has 0 N–H and O–H groups in total. The van der Waals surface area contributed by atoms with Crippen LogP contribution >= 0.6 is 0 Å². The third-order valence-electron chi connectivity index (χ3n) is 3.66. The Labute approximate surface area is 154 Å². The highest BCUT2D eigenvalue weighted by Crippen LogP contribution is 2.19. The number of nitrogens with zero attached hydrogens (tertiary/aromatic N) is 3. The smallest absolute Gasteiger partial charge is 0.269 e. The number of aromatic nitrogens is 1. The zero-order valence-electron chi connectivity index (χ0n) is 14.1. The van der Waals surface area contributed by atoms with Crippen molar-refractivity contribution < 1.29 is 19.1 Å². The molecule has 0 spiro atoms. The van der Waals surface area contributed by atoms with E-state index in [1.165, 1.54) is 18.3 Å². The number of ketones is 1. The van der Waals surface area contributed by atoms with E-state index in [1.54, 1.807) is 18.2 Å². The summed E-state index contributed by atoms with van der Waals surface area (Å²) in [6.07, 6.45) is 1.34. The molecule has 0 amide bonds. The van der Waals surface area contributed by atoms with Crippen molar-refractivity contribution in [1.29, 1.82) is 0 Å². The van der Waals surface area contributed by atoms with Crippen molar-refractivity contribution in [3.05, 3.63) is 82.1 Å². The molecule has 0 bridgehead atoms. The van der Waals surface area contributed by atoms with E-state index in [-0.39, 0.29) is 30.3 Å². The van der Waals surface area contributed by atoms with E-state index in [0.29, 0.717) is 5.69 Å². The second-order valence-corrected chi connectivity index (χ2v) is 5.55. The number of hydrogen-bond donors (Lipinski definition) is 0. The second-order valence-electron chi connectivity index (χ2n) is 5.55. The molecule has 0 aliphatic heterocycles. The summed E-state index contributed by atoms with van der Waals surface area (Å²) in [4.78, 5) is 27.3. The predicted molar refractivity (Wildman–Crippen MR) is 97.3 cm³/mol. The quantitative estimate of drug-likeness (QED) is 0.258. The lowest BCUT2D eigenvalue weighted by atomic mass is 10.1. The summed E-state index contributed by atoms with van der Waals surface area (Å²) in [6.45, 7) is 0.142. The molecule has 8 nitrogen and oxygen atoms in total. The first kappa shape index (κ1) is 18.0. The molecule has 27 heavy (non-hydrogen) atoms. The average molecular weight is 365 g/mol. The molecule has 3 aromatic rings. The van der Waals surface area contributed by atoms with Crippen LogP contribution in [0.4, 0.5) is 5.69 Å². The first-order valence-electron chi connectivity index (χ1n) is 8.06. The van der Waals surface area contributed by atoms with Crippen LogP contribution in [-0.2, 0) is 11.4 Å². The molecule has 0 fully saturated rings. The van der Waals surface area contributed by atoms with E-state index >= 15 is 0 Å². The Balaban J connectivity index is 1.47. The van der Waals surface area contributed by atoms with Gasteiger partial charge in [0.05, 0.1) is 17.6 Å². The molecule has 2 aromatic carbocycles. The SMILES string of the molecule is O=C(C/C=N\OCc1ccc([N+](=O)[O-])cc1)c1cc(-c2ccccc2)no1. The lowest BCUT2D eigenvalue weighted by Gasteiger charge is -1.99. The molecule has 1 heterocycles. The lowest BCUT2D eigenvalue weighted by Crippen LogP contribution is -1.98. The van der Waals surface area contributed by atoms with E-state index in [4.69, 9.17) is 9.36 Å². The van der Waals surface area contributed by atoms with Gasteiger partial charge in [0.25, 0.3) is 5.69 Å². The van der Waals surface area contributed by atoms with Gasteiger partial charge in [-0.05, 0) is 17.7 Å². The van der Waals surface area contributed by atoms with Gasteiger partial charge in [0.15, 0.2) is 0 Å². The van der Waals surface area contributed by atoms with Gasteiger partial charge in [-0.3, -0.25) is 14.9 Å². The van der Waals surface area contributed by atoms with Crippen molar-refractivity contribution in [2.75, 3.05) is 0 Å². The summed E-state index contributed by atoms with van der Waals surface area (Å²) in [6, 6.07) is 16.9. The molecule has 0 unspecified atom stereocenters. The fourth-order valence-electron chi connectivity index (χ4n) is 2.25. The number of carbonyl (C=O) groups is 1. The Kier molecular flexibility index (Phi) is 5.68. The van der Waals surface area contributed by atoms with Crippen molar-refractivity contribution in [3.8, 4) is 11.3 Å². The topological polar surface area (TPSA) is 108 Å². The fraction of sp³-hybridized carbons (Fsp3) is 0.105. The Morgan fingerprint density at radius 1 is 1.19 bits per heavy atom. The number of benzene rings is 2. The zero-order valence-corrected chi connectivity index (χ0v) is 14.1. The minimum absolute atomic E-state index is 0.00366. The number of oxime groups is 1. The average Bonchev–Trinajstić information content (AvgIpc) is 3.19. The second kappa shape index (κ2) is 8.52. The number of Topliss-reactive ketones (excluding diaryl/α,β-unsaturated/α-hetero) is 1. The number of nitro benzene ring substituents is 1. The summed E-state index contributed by atoms with van der Waals surface area (Å²) in [7, 11) is 0.